The molecule has 6 heteroatoms. The topological polar surface area (TPSA) is 76.4 Å². The number of rotatable bonds is 2. The Morgan fingerprint density at radius 3 is 1.96 bits per heavy atom. The Bertz CT molecular complexity index is 677. The summed E-state index contributed by atoms with van der Waals surface area (Å²) in [5.41, 5.74) is 3.12. The van der Waals surface area contributed by atoms with Crippen LogP contribution in [0.25, 0.3) is 5.70 Å². The van der Waals surface area contributed by atoms with Gasteiger partial charge in [-0.1, -0.05) is 20.8 Å². The van der Waals surface area contributed by atoms with Gasteiger partial charge in [0.05, 0.1) is 0 Å². The number of imide groups is 1. The molecule has 1 aromatic heterocycles. The van der Waals surface area contributed by atoms with E-state index in [1.54, 1.807) is 33.2 Å². The van der Waals surface area contributed by atoms with Crippen LogP contribution in [0.1, 0.15) is 47.1 Å². The Labute approximate surface area is 136 Å². The highest BCUT2D eigenvalue weighted by Crippen LogP contribution is 2.21. The van der Waals surface area contributed by atoms with E-state index in [4.69, 9.17) is 0 Å². The van der Waals surface area contributed by atoms with E-state index in [-0.39, 0.29) is 11.1 Å². The average Bonchev–Trinajstić information content (AvgIpc) is 2.61. The Kier molecular flexibility index (Phi) is 4.07. The van der Waals surface area contributed by atoms with E-state index in [0.717, 1.165) is 10.6 Å². The molecule has 1 aromatic rings. The van der Waals surface area contributed by atoms with Gasteiger partial charge in [-0.15, -0.1) is 0 Å². The van der Waals surface area contributed by atoms with Crippen molar-refractivity contribution < 1.29 is 19.3 Å². The summed E-state index contributed by atoms with van der Waals surface area (Å²) in [6, 6.07) is 3.69. The zero-order valence-electron chi connectivity index (χ0n) is 14.4. The van der Waals surface area contributed by atoms with Crippen LogP contribution in [0.15, 0.2) is 30.3 Å². The maximum absolute atomic E-state index is 12.5. The van der Waals surface area contributed by atoms with Crippen LogP contribution >= 0.6 is 0 Å². The number of aromatic nitrogens is 1. The highest BCUT2D eigenvalue weighted by atomic mass is 16.3. The van der Waals surface area contributed by atoms with Crippen LogP contribution in [0.5, 0.6) is 0 Å². The lowest BCUT2D eigenvalue weighted by molar-refractivity contribution is -0.581. The highest BCUT2D eigenvalue weighted by Gasteiger charge is 2.41. The predicted molar refractivity (Wildman–Crippen MR) is 83.3 cm³/mol. The summed E-state index contributed by atoms with van der Waals surface area (Å²) in [6.45, 7) is 11.6. The molecule has 6 nitrogen and oxygen atoms in total. The molecule has 1 N–H and O–H groups in total. The number of amides is 2. The van der Waals surface area contributed by atoms with Crippen LogP contribution in [0.2, 0.25) is 0 Å². The average molecular weight is 317 g/mol. The van der Waals surface area contributed by atoms with Crippen molar-refractivity contribution in [3.05, 3.63) is 35.8 Å². The largest absolute Gasteiger partial charge is 0.864 e. The molecule has 0 atom stereocenters. The number of hydrogen-bond acceptors (Lipinski definition) is 4. The molecular weight excluding hydrogens is 294 g/mol. The van der Waals surface area contributed by atoms with Gasteiger partial charge in [-0.3, -0.25) is 9.59 Å². The third kappa shape index (κ3) is 3.42. The molecule has 0 fully saturated rings. The number of hydrogen-bond donors (Lipinski definition) is 1. The molecule has 0 radical (unpaired) electrons. The van der Waals surface area contributed by atoms with E-state index in [2.05, 4.69) is 26.2 Å². The lowest BCUT2D eigenvalue weighted by atomic mass is 9.88. The lowest BCUT2D eigenvalue weighted by Gasteiger charge is -2.26. The van der Waals surface area contributed by atoms with Crippen LogP contribution in [0, 0.1) is 0 Å². The Morgan fingerprint density at radius 1 is 1.00 bits per heavy atom. The number of carbonyl (C=O) groups is 2. The molecule has 0 aliphatic carbocycles. The van der Waals surface area contributed by atoms with Crippen molar-refractivity contribution in [1.82, 2.24) is 10.4 Å². The number of hydrazine groups is 1. The zero-order chi connectivity index (χ0) is 17.6. The molecule has 0 bridgehead atoms. The predicted octanol–water partition coefficient (Wildman–Crippen LogP) is 0.472. The van der Waals surface area contributed by atoms with Crippen molar-refractivity contribution >= 4 is 17.5 Å². The van der Waals surface area contributed by atoms with Crippen LogP contribution < -0.4 is 15.1 Å². The minimum Gasteiger partial charge on any atom is -0.864 e. The summed E-state index contributed by atoms with van der Waals surface area (Å²) in [4.78, 5) is 24.5. The normalized spacial score (nSPS) is 16.5. The molecule has 1 aliphatic rings. The lowest BCUT2D eigenvalue weighted by Crippen LogP contribution is -2.53. The zero-order valence-corrected chi connectivity index (χ0v) is 14.4. The number of nitrogens with zero attached hydrogens (tertiary/aromatic N) is 2. The van der Waals surface area contributed by atoms with E-state index >= 15 is 0 Å². The van der Waals surface area contributed by atoms with Crippen molar-refractivity contribution in [2.24, 2.45) is 0 Å². The fraction of sp³-hybridized carbons (Fsp3) is 0.471. The van der Waals surface area contributed by atoms with Crippen LogP contribution in [0.3, 0.4) is 0 Å². The number of pyridine rings is 1. The van der Waals surface area contributed by atoms with E-state index in [1.807, 2.05) is 12.1 Å². The van der Waals surface area contributed by atoms with Crippen LogP contribution in [-0.4, -0.2) is 22.4 Å². The molecule has 0 aromatic carbocycles. The van der Waals surface area contributed by atoms with Crippen LogP contribution in [0.4, 0.5) is 0 Å². The van der Waals surface area contributed by atoms with Gasteiger partial charge >= 0.3 is 5.91 Å². The first-order valence-electron chi connectivity index (χ1n) is 7.52. The molecule has 0 saturated carbocycles. The summed E-state index contributed by atoms with van der Waals surface area (Å²) in [5.74, 6) is -2.30. The van der Waals surface area contributed by atoms with Gasteiger partial charge in [0.1, 0.15) is 0 Å². The van der Waals surface area contributed by atoms with Crippen molar-refractivity contribution in [3.63, 3.8) is 0 Å². The van der Waals surface area contributed by atoms with E-state index in [1.165, 1.54) is 4.57 Å². The third-order valence-electron chi connectivity index (χ3n) is 3.42. The number of carbonyl (C=O) groups excluding carboxylic acids is 2. The van der Waals surface area contributed by atoms with Crippen LogP contribution in [-0.2, 0) is 15.0 Å². The molecule has 0 saturated heterocycles. The summed E-state index contributed by atoms with van der Waals surface area (Å²) < 4.78 is 1.40. The van der Waals surface area contributed by atoms with Gasteiger partial charge in [0.2, 0.25) is 0 Å². The minimum atomic E-state index is -0.854. The molecule has 2 heterocycles. The monoisotopic (exact) mass is 317 g/mol. The summed E-state index contributed by atoms with van der Waals surface area (Å²) in [5, 5.41) is 13.0. The van der Waals surface area contributed by atoms with E-state index in [0.29, 0.717) is 0 Å². The van der Waals surface area contributed by atoms with Crippen molar-refractivity contribution in [3.8, 4) is 0 Å². The minimum absolute atomic E-state index is 0.0386. The molecule has 2 rings (SSSR count). The molecule has 0 spiro atoms. The standard InChI is InChI=1S/C17H23N3O3/c1-16(2,3)11-7-9-19(10-8-11)12-13(21)15(23)20(14(12)22)18-17(4,5)6/h7-10,18H,1-6H3. The smallest absolute Gasteiger partial charge is 0.340 e. The highest BCUT2D eigenvalue weighted by molar-refractivity contribution is 6.28. The molecule has 1 aliphatic heterocycles. The third-order valence-corrected chi connectivity index (χ3v) is 3.42. The first kappa shape index (κ1) is 17.1. The quantitative estimate of drug-likeness (QED) is 0.635. The van der Waals surface area contributed by atoms with Crippen molar-refractivity contribution in [2.45, 2.75) is 52.5 Å². The second-order valence-corrected chi connectivity index (χ2v) is 7.73. The Balaban J connectivity index is 2.36. The van der Waals surface area contributed by atoms with Gasteiger partial charge in [0.15, 0.2) is 12.4 Å². The molecule has 0 unspecified atom stereocenters. The first-order valence-corrected chi connectivity index (χ1v) is 7.52. The maximum Gasteiger partial charge on any atom is 0.340 e. The summed E-state index contributed by atoms with van der Waals surface area (Å²) in [7, 11) is 0. The second-order valence-electron chi connectivity index (χ2n) is 7.73. The van der Waals surface area contributed by atoms with Gasteiger partial charge in [-0.05, 0) is 31.7 Å². The van der Waals surface area contributed by atoms with E-state index in [9.17, 15) is 14.7 Å². The first-order chi connectivity index (χ1) is 10.4. The van der Waals surface area contributed by atoms with E-state index < -0.39 is 23.1 Å². The Hall–Kier alpha value is -2.21. The van der Waals surface area contributed by atoms with Gasteiger partial charge < -0.3 is 5.11 Å². The van der Waals surface area contributed by atoms with Crippen molar-refractivity contribution in [1.29, 1.82) is 0 Å². The molecule has 2 amide bonds. The maximum atomic E-state index is 12.5. The van der Waals surface area contributed by atoms with Gasteiger partial charge in [-0.25, -0.2) is 5.43 Å². The fourth-order valence-corrected chi connectivity index (χ4v) is 2.24. The molecule has 124 valence electrons. The fourth-order valence-electron chi connectivity index (χ4n) is 2.24. The summed E-state index contributed by atoms with van der Waals surface area (Å²) in [6.07, 6.45) is 3.28. The second kappa shape index (κ2) is 5.45. The summed E-state index contributed by atoms with van der Waals surface area (Å²) >= 11 is 0. The SMILES string of the molecule is CC(C)(C)NN1C(=O)C([O-])=C([n+]2ccc(C(C)(C)C)cc2)C1=O. The Morgan fingerprint density at radius 2 is 1.52 bits per heavy atom. The number of nitrogens with one attached hydrogen (secondary N) is 1. The van der Waals surface area contributed by atoms with Gasteiger partial charge in [0, 0.05) is 23.4 Å². The molecular formula is C17H23N3O3. The van der Waals surface area contributed by atoms with Gasteiger partial charge in [0.25, 0.3) is 11.6 Å². The van der Waals surface area contributed by atoms with Crippen molar-refractivity contribution in [2.75, 3.05) is 0 Å². The molecule has 23 heavy (non-hydrogen) atoms. The van der Waals surface area contributed by atoms with Gasteiger partial charge in [-0.2, -0.15) is 9.58 Å².